The monoisotopic (exact) mass is 279 g/mol. The molecule has 1 heterocycles. The van der Waals surface area contributed by atoms with Crippen LogP contribution >= 0.6 is 0 Å². The van der Waals surface area contributed by atoms with Crippen molar-refractivity contribution < 1.29 is 23.8 Å². The van der Waals surface area contributed by atoms with Crippen molar-refractivity contribution in [2.24, 2.45) is 0 Å². The zero-order valence-electron chi connectivity index (χ0n) is 11.7. The normalized spacial score (nSPS) is 14.6. The topological polar surface area (TPSA) is 65.1 Å². The van der Waals surface area contributed by atoms with Gasteiger partial charge in [-0.1, -0.05) is 18.2 Å². The van der Waals surface area contributed by atoms with Gasteiger partial charge in [-0.2, -0.15) is 0 Å². The minimum absolute atomic E-state index is 0.0983. The fourth-order valence-corrected chi connectivity index (χ4v) is 2.25. The number of methoxy groups -OCH3 is 3. The highest BCUT2D eigenvalue weighted by Crippen LogP contribution is 2.26. The molecule has 2 rings (SSSR count). The van der Waals surface area contributed by atoms with Crippen LogP contribution in [0, 0.1) is 0 Å². The van der Waals surface area contributed by atoms with Crippen molar-refractivity contribution in [3.8, 4) is 0 Å². The summed E-state index contributed by atoms with van der Waals surface area (Å²) in [7, 11) is 4.11. The molecule has 0 N–H and O–H groups in total. The quantitative estimate of drug-likeness (QED) is 0.746. The molecule has 108 valence electrons. The minimum atomic E-state index is -1.60. The van der Waals surface area contributed by atoms with Gasteiger partial charge in [0.25, 0.3) is 17.6 Å². The first-order valence-electron chi connectivity index (χ1n) is 6.13. The number of ether oxygens (including phenoxy) is 3. The summed E-state index contributed by atoms with van der Waals surface area (Å²) in [6, 6.07) is 7.11. The van der Waals surface area contributed by atoms with E-state index in [1.165, 1.54) is 21.3 Å². The van der Waals surface area contributed by atoms with E-state index < -0.39 is 11.7 Å². The molecule has 20 heavy (non-hydrogen) atoms. The van der Waals surface area contributed by atoms with E-state index in [4.69, 9.17) is 14.2 Å². The molecule has 0 saturated heterocycles. The summed E-state index contributed by atoms with van der Waals surface area (Å²) in [5, 5.41) is 0. The molecule has 0 fully saturated rings. The Kier molecular flexibility index (Phi) is 4.17. The highest BCUT2D eigenvalue weighted by atomic mass is 16.7. The van der Waals surface area contributed by atoms with E-state index in [0.717, 1.165) is 10.5 Å². The van der Waals surface area contributed by atoms with Crippen molar-refractivity contribution in [1.29, 1.82) is 0 Å². The molecule has 0 radical (unpaired) electrons. The number of fused-ring (bicyclic) bond motifs is 1. The zero-order valence-corrected chi connectivity index (χ0v) is 11.7. The highest BCUT2D eigenvalue weighted by Gasteiger charge is 2.46. The van der Waals surface area contributed by atoms with Crippen LogP contribution in [0.15, 0.2) is 24.3 Å². The second-order valence-electron chi connectivity index (χ2n) is 4.45. The van der Waals surface area contributed by atoms with Crippen molar-refractivity contribution in [2.75, 3.05) is 27.9 Å². The largest absolute Gasteiger partial charge is 0.378 e. The Morgan fingerprint density at radius 1 is 1.25 bits per heavy atom. The number of benzene rings is 1. The van der Waals surface area contributed by atoms with Crippen molar-refractivity contribution in [3.05, 3.63) is 35.4 Å². The Bertz CT molecular complexity index is 524. The first-order valence-corrected chi connectivity index (χ1v) is 6.13. The molecule has 6 nitrogen and oxygen atoms in total. The van der Waals surface area contributed by atoms with Crippen molar-refractivity contribution in [1.82, 2.24) is 4.90 Å². The van der Waals surface area contributed by atoms with Crippen molar-refractivity contribution >= 4 is 11.8 Å². The van der Waals surface area contributed by atoms with Gasteiger partial charge in [0.2, 0.25) is 0 Å². The summed E-state index contributed by atoms with van der Waals surface area (Å²) in [6.07, 6.45) is 0. The van der Waals surface area contributed by atoms with E-state index in [0.29, 0.717) is 5.56 Å². The molecule has 0 unspecified atom stereocenters. The molecular weight excluding hydrogens is 262 g/mol. The lowest BCUT2D eigenvalue weighted by Crippen LogP contribution is -2.54. The number of rotatable bonds is 5. The summed E-state index contributed by atoms with van der Waals surface area (Å²) in [5.74, 6) is -2.52. The fraction of sp³-hybridized carbons (Fsp3) is 0.429. The van der Waals surface area contributed by atoms with Gasteiger partial charge < -0.3 is 14.2 Å². The molecular formula is C14H17NO5. The van der Waals surface area contributed by atoms with E-state index in [-0.39, 0.29) is 19.1 Å². The number of amides is 2. The molecule has 2 amide bonds. The summed E-state index contributed by atoms with van der Waals surface area (Å²) >= 11 is 0. The number of carbonyl (C=O) groups is 2. The van der Waals surface area contributed by atoms with E-state index in [9.17, 15) is 9.59 Å². The number of nitrogens with zero attached hydrogens (tertiary/aromatic N) is 1. The van der Waals surface area contributed by atoms with Gasteiger partial charge in [-0.3, -0.25) is 14.5 Å². The first kappa shape index (κ1) is 14.6. The van der Waals surface area contributed by atoms with Crippen LogP contribution in [-0.4, -0.2) is 50.4 Å². The van der Waals surface area contributed by atoms with Crippen LogP contribution in [0.1, 0.15) is 15.9 Å². The van der Waals surface area contributed by atoms with Crippen molar-refractivity contribution in [2.45, 2.75) is 12.3 Å². The molecule has 1 aliphatic heterocycles. The molecule has 0 aliphatic carbocycles. The van der Waals surface area contributed by atoms with E-state index in [1.807, 2.05) is 12.1 Å². The molecule has 0 saturated carbocycles. The number of imide groups is 1. The van der Waals surface area contributed by atoms with Gasteiger partial charge in [-0.25, -0.2) is 0 Å². The smallest absolute Gasteiger partial charge is 0.292 e. The molecule has 0 bridgehead atoms. The second kappa shape index (κ2) is 5.70. The average Bonchev–Trinajstić information content (AvgIpc) is 2.82. The van der Waals surface area contributed by atoms with Crippen LogP contribution < -0.4 is 0 Å². The number of hydrogen-bond donors (Lipinski definition) is 0. The Labute approximate surface area is 117 Å². The summed E-state index contributed by atoms with van der Waals surface area (Å²) in [4.78, 5) is 26.0. The lowest BCUT2D eigenvalue weighted by Gasteiger charge is -2.31. The standard InChI is InChI=1S/C14H17NO5/c1-18-9-14(19-2,20-3)13(17)15-8-10-6-4-5-7-11(10)12(15)16/h4-7H,8-9H2,1-3H3. The number of carbonyl (C=O) groups excluding carboxylic acids is 2. The Morgan fingerprint density at radius 3 is 2.45 bits per heavy atom. The SMILES string of the molecule is COCC(OC)(OC)C(=O)N1Cc2ccccc2C1=O. The van der Waals surface area contributed by atoms with E-state index in [2.05, 4.69) is 0 Å². The Hall–Kier alpha value is -1.76. The number of hydrogen-bond acceptors (Lipinski definition) is 5. The van der Waals surface area contributed by atoms with Gasteiger partial charge >= 0.3 is 0 Å². The molecule has 0 atom stereocenters. The van der Waals surface area contributed by atoms with Gasteiger partial charge in [-0.15, -0.1) is 0 Å². The van der Waals surface area contributed by atoms with E-state index in [1.54, 1.807) is 12.1 Å². The lowest BCUT2D eigenvalue weighted by molar-refractivity contribution is -0.232. The van der Waals surface area contributed by atoms with Crippen molar-refractivity contribution in [3.63, 3.8) is 0 Å². The fourth-order valence-electron chi connectivity index (χ4n) is 2.25. The third-order valence-electron chi connectivity index (χ3n) is 3.39. The van der Waals surface area contributed by atoms with Crippen LogP contribution in [0.3, 0.4) is 0 Å². The average molecular weight is 279 g/mol. The first-order chi connectivity index (χ1) is 9.59. The highest BCUT2D eigenvalue weighted by molar-refractivity contribution is 6.09. The maximum absolute atomic E-state index is 12.6. The predicted octanol–water partition coefficient (Wildman–Crippen LogP) is 0.804. The van der Waals surface area contributed by atoms with Gasteiger partial charge in [-0.05, 0) is 11.6 Å². The molecule has 0 aromatic heterocycles. The molecule has 1 aromatic rings. The maximum atomic E-state index is 12.6. The van der Waals surface area contributed by atoms with Gasteiger partial charge in [0.05, 0.1) is 6.54 Å². The van der Waals surface area contributed by atoms with Crippen LogP contribution in [0.2, 0.25) is 0 Å². The van der Waals surface area contributed by atoms with Crippen LogP contribution in [0.4, 0.5) is 0 Å². The molecule has 1 aliphatic rings. The third-order valence-corrected chi connectivity index (χ3v) is 3.39. The summed E-state index contributed by atoms with van der Waals surface area (Å²) < 4.78 is 15.3. The summed E-state index contributed by atoms with van der Waals surface area (Å²) in [6.45, 7) is 0.116. The summed E-state index contributed by atoms with van der Waals surface area (Å²) in [5.41, 5.74) is 1.34. The van der Waals surface area contributed by atoms with Gasteiger partial charge in [0, 0.05) is 26.9 Å². The lowest BCUT2D eigenvalue weighted by atomic mass is 10.1. The van der Waals surface area contributed by atoms with Gasteiger partial charge in [0.15, 0.2) is 0 Å². The molecule has 0 spiro atoms. The second-order valence-corrected chi connectivity index (χ2v) is 4.45. The zero-order chi connectivity index (χ0) is 14.8. The van der Waals surface area contributed by atoms with Gasteiger partial charge in [0.1, 0.15) is 6.61 Å². The maximum Gasteiger partial charge on any atom is 0.292 e. The Morgan fingerprint density at radius 2 is 1.90 bits per heavy atom. The van der Waals surface area contributed by atoms with Crippen LogP contribution in [0.25, 0.3) is 0 Å². The van der Waals surface area contributed by atoms with Crippen LogP contribution in [-0.2, 0) is 25.5 Å². The van der Waals surface area contributed by atoms with Crippen LogP contribution in [0.5, 0.6) is 0 Å². The molecule has 6 heteroatoms. The molecule has 1 aromatic carbocycles. The minimum Gasteiger partial charge on any atom is -0.378 e. The van der Waals surface area contributed by atoms with E-state index >= 15 is 0 Å². The predicted molar refractivity (Wildman–Crippen MR) is 69.9 cm³/mol. The Balaban J connectivity index is 2.29. The third kappa shape index (κ3) is 2.22.